The molecule has 1 unspecified atom stereocenters. The van der Waals surface area contributed by atoms with E-state index >= 15 is 0 Å². The van der Waals surface area contributed by atoms with Crippen LogP contribution in [0.1, 0.15) is 42.7 Å². The molecule has 2 aromatic rings. The fraction of sp³-hybridized carbons (Fsp3) is 0.357. The van der Waals surface area contributed by atoms with E-state index in [4.69, 9.17) is 0 Å². The van der Waals surface area contributed by atoms with Crippen LogP contribution in [-0.4, -0.2) is 15.1 Å². The number of nitrogens with zero attached hydrogens (tertiary/aromatic N) is 1. The minimum Gasteiger partial charge on any atom is -0.392 e. The average Bonchev–Trinajstić information content (AvgIpc) is 2.82. The molecule has 0 radical (unpaired) electrons. The summed E-state index contributed by atoms with van der Waals surface area (Å²) in [5.41, 5.74) is 4.48. The van der Waals surface area contributed by atoms with Crippen molar-refractivity contribution < 1.29 is 5.11 Å². The molecule has 1 aromatic heterocycles. The van der Waals surface area contributed by atoms with Gasteiger partial charge in [0.15, 0.2) is 0 Å². The number of aliphatic hydroxyl groups excluding tert-OH is 1. The molecule has 92 valence electrons. The molecule has 0 spiro atoms. The molecule has 2 N–H and O–H groups in total. The van der Waals surface area contributed by atoms with Gasteiger partial charge in [0.1, 0.15) is 0 Å². The number of aliphatic hydroxyl groups is 1. The molecule has 0 saturated heterocycles. The van der Waals surface area contributed by atoms with Crippen molar-refractivity contribution in [1.82, 2.24) is 9.97 Å². The number of imidazole rings is 1. The summed E-state index contributed by atoms with van der Waals surface area (Å²) in [5.74, 6) is 0.272. The van der Waals surface area contributed by atoms with E-state index in [1.807, 2.05) is 25.3 Å². The fourth-order valence-corrected chi connectivity index (χ4v) is 2.01. The number of rotatable bonds is 3. The maximum Gasteiger partial charge on any atom is 0.0921 e. The maximum absolute atomic E-state index is 9.24. The van der Waals surface area contributed by atoms with Gasteiger partial charge >= 0.3 is 0 Å². The van der Waals surface area contributed by atoms with E-state index in [-0.39, 0.29) is 20.0 Å². The summed E-state index contributed by atoms with van der Waals surface area (Å²) in [5, 5.41) is 9.24. The number of benzene rings is 1. The van der Waals surface area contributed by atoms with Crippen molar-refractivity contribution in [2.45, 2.75) is 33.8 Å². The Bertz CT molecular complexity index is 463. The predicted molar refractivity (Wildman–Crippen MR) is 69.9 cm³/mol. The molecular formula is C14H20N2O. The first-order valence-corrected chi connectivity index (χ1v) is 5.41. The molecule has 1 atom stereocenters. The molecule has 0 amide bonds. The summed E-state index contributed by atoms with van der Waals surface area (Å²) in [7, 11) is 0. The van der Waals surface area contributed by atoms with Crippen molar-refractivity contribution in [1.29, 1.82) is 0 Å². The smallest absolute Gasteiger partial charge is 0.0921 e. The summed E-state index contributed by atoms with van der Waals surface area (Å²) in [4.78, 5) is 7.16. The van der Waals surface area contributed by atoms with Crippen LogP contribution in [0.25, 0.3) is 0 Å². The van der Waals surface area contributed by atoms with Gasteiger partial charge in [0.25, 0.3) is 0 Å². The monoisotopic (exact) mass is 232 g/mol. The second-order valence-corrected chi connectivity index (χ2v) is 4.02. The van der Waals surface area contributed by atoms with Gasteiger partial charge in [-0.3, -0.25) is 0 Å². The highest BCUT2D eigenvalue weighted by Gasteiger charge is 2.13. The number of H-pyrrole nitrogens is 1. The molecule has 0 fully saturated rings. The molecule has 1 heterocycles. The quantitative estimate of drug-likeness (QED) is 0.854. The SMILES string of the molecule is C.Cc1c(CO)cccc1C(C)c1cnc[nH]1. The lowest BCUT2D eigenvalue weighted by molar-refractivity contribution is 0.281. The summed E-state index contributed by atoms with van der Waals surface area (Å²) < 4.78 is 0. The highest BCUT2D eigenvalue weighted by atomic mass is 16.3. The van der Waals surface area contributed by atoms with E-state index in [1.165, 1.54) is 5.56 Å². The first kappa shape index (κ1) is 13.5. The van der Waals surface area contributed by atoms with Crippen LogP contribution in [0.5, 0.6) is 0 Å². The van der Waals surface area contributed by atoms with Crippen LogP contribution >= 0.6 is 0 Å². The molecule has 17 heavy (non-hydrogen) atoms. The van der Waals surface area contributed by atoms with Crippen LogP contribution in [-0.2, 0) is 6.61 Å². The van der Waals surface area contributed by atoms with Gasteiger partial charge in [-0.1, -0.05) is 32.5 Å². The number of hydrogen-bond acceptors (Lipinski definition) is 2. The molecule has 3 heteroatoms. The zero-order valence-electron chi connectivity index (χ0n) is 9.57. The standard InChI is InChI=1S/C13H16N2O.CH4/c1-9-11(7-16)4-3-5-12(9)10(2)13-6-14-8-15-13;/h3-6,8,10,16H,7H2,1-2H3,(H,14,15);1H4. The van der Waals surface area contributed by atoms with E-state index in [9.17, 15) is 5.11 Å². The van der Waals surface area contributed by atoms with Crippen molar-refractivity contribution in [3.8, 4) is 0 Å². The van der Waals surface area contributed by atoms with Crippen LogP contribution in [0.3, 0.4) is 0 Å². The minimum absolute atomic E-state index is 0. The summed E-state index contributed by atoms with van der Waals surface area (Å²) in [6, 6.07) is 6.04. The lowest BCUT2D eigenvalue weighted by atomic mass is 9.91. The molecule has 0 bridgehead atoms. The van der Waals surface area contributed by atoms with Gasteiger partial charge in [0.05, 0.1) is 12.9 Å². The van der Waals surface area contributed by atoms with Crippen molar-refractivity contribution in [2.75, 3.05) is 0 Å². The van der Waals surface area contributed by atoms with Crippen molar-refractivity contribution in [3.63, 3.8) is 0 Å². The highest BCUT2D eigenvalue weighted by Crippen LogP contribution is 2.26. The van der Waals surface area contributed by atoms with E-state index in [2.05, 4.69) is 23.0 Å². The van der Waals surface area contributed by atoms with Gasteiger partial charge in [0.2, 0.25) is 0 Å². The van der Waals surface area contributed by atoms with Crippen LogP contribution in [0.4, 0.5) is 0 Å². The summed E-state index contributed by atoms with van der Waals surface area (Å²) >= 11 is 0. The van der Waals surface area contributed by atoms with Gasteiger partial charge in [-0.2, -0.15) is 0 Å². The van der Waals surface area contributed by atoms with Gasteiger partial charge in [-0.15, -0.1) is 0 Å². The van der Waals surface area contributed by atoms with E-state index in [0.29, 0.717) is 0 Å². The number of nitrogens with one attached hydrogen (secondary N) is 1. The Morgan fingerprint density at radius 2 is 2.18 bits per heavy atom. The predicted octanol–water partition coefficient (Wildman–Crippen LogP) is 3.00. The third-order valence-electron chi connectivity index (χ3n) is 3.11. The third kappa shape index (κ3) is 2.56. The zero-order chi connectivity index (χ0) is 11.5. The van der Waals surface area contributed by atoms with Crippen LogP contribution in [0.2, 0.25) is 0 Å². The van der Waals surface area contributed by atoms with Crippen LogP contribution in [0, 0.1) is 6.92 Å². The lowest BCUT2D eigenvalue weighted by Crippen LogP contribution is -2.02. The molecule has 0 aliphatic rings. The Morgan fingerprint density at radius 1 is 1.41 bits per heavy atom. The number of aromatic nitrogens is 2. The molecular weight excluding hydrogens is 212 g/mol. The third-order valence-corrected chi connectivity index (χ3v) is 3.11. The number of aromatic amines is 1. The van der Waals surface area contributed by atoms with Gasteiger partial charge in [0, 0.05) is 17.8 Å². The van der Waals surface area contributed by atoms with Crippen molar-refractivity contribution in [2.24, 2.45) is 0 Å². The van der Waals surface area contributed by atoms with Gasteiger partial charge in [-0.05, 0) is 23.6 Å². The summed E-state index contributed by atoms with van der Waals surface area (Å²) in [6.45, 7) is 4.28. The molecule has 0 saturated carbocycles. The van der Waals surface area contributed by atoms with Crippen molar-refractivity contribution in [3.05, 3.63) is 53.1 Å². The Kier molecular flexibility index (Phi) is 4.46. The van der Waals surface area contributed by atoms with E-state index in [0.717, 1.165) is 16.8 Å². The summed E-state index contributed by atoms with van der Waals surface area (Å²) in [6.07, 6.45) is 3.53. The molecule has 2 rings (SSSR count). The Morgan fingerprint density at radius 3 is 2.76 bits per heavy atom. The first-order valence-electron chi connectivity index (χ1n) is 5.41. The second kappa shape index (κ2) is 5.64. The second-order valence-electron chi connectivity index (χ2n) is 4.02. The largest absolute Gasteiger partial charge is 0.392 e. The zero-order valence-corrected chi connectivity index (χ0v) is 9.57. The van der Waals surface area contributed by atoms with Gasteiger partial charge < -0.3 is 10.1 Å². The maximum atomic E-state index is 9.24. The molecule has 0 aliphatic carbocycles. The average molecular weight is 232 g/mol. The number of hydrogen-bond donors (Lipinski definition) is 2. The minimum atomic E-state index is 0. The topological polar surface area (TPSA) is 48.9 Å². The van der Waals surface area contributed by atoms with Crippen LogP contribution < -0.4 is 0 Å². The normalized spacial score (nSPS) is 11.9. The van der Waals surface area contributed by atoms with E-state index in [1.54, 1.807) is 6.33 Å². The highest BCUT2D eigenvalue weighted by molar-refractivity contribution is 5.38. The van der Waals surface area contributed by atoms with Gasteiger partial charge in [-0.25, -0.2) is 4.98 Å². The van der Waals surface area contributed by atoms with Crippen LogP contribution in [0.15, 0.2) is 30.7 Å². The van der Waals surface area contributed by atoms with E-state index < -0.39 is 0 Å². The first-order chi connectivity index (χ1) is 7.74. The Balaban J connectivity index is 0.00000144. The molecule has 1 aromatic carbocycles. The van der Waals surface area contributed by atoms with Crippen molar-refractivity contribution >= 4 is 0 Å². The molecule has 3 nitrogen and oxygen atoms in total. The fourth-order valence-electron chi connectivity index (χ4n) is 2.01. The Hall–Kier alpha value is -1.61. The Labute approximate surface area is 103 Å². The lowest BCUT2D eigenvalue weighted by Gasteiger charge is -2.15. The molecule has 0 aliphatic heterocycles.